The van der Waals surface area contributed by atoms with Crippen LogP contribution in [-0.2, 0) is 9.59 Å². The molecule has 0 spiro atoms. The molecule has 2 heterocycles. The Labute approximate surface area is 184 Å². The van der Waals surface area contributed by atoms with E-state index in [9.17, 15) is 9.59 Å². The molecule has 0 saturated carbocycles. The molecule has 2 amide bonds. The van der Waals surface area contributed by atoms with Crippen molar-refractivity contribution in [2.75, 3.05) is 16.4 Å². The molecule has 0 atom stereocenters. The topological polar surface area (TPSA) is 97.1 Å². The second-order valence-electron chi connectivity index (χ2n) is 6.21. The van der Waals surface area contributed by atoms with Gasteiger partial charge in [0.2, 0.25) is 11.8 Å². The molecule has 30 heavy (non-hydrogen) atoms. The molecule has 10 heteroatoms. The van der Waals surface area contributed by atoms with Crippen molar-refractivity contribution in [2.45, 2.75) is 12.1 Å². The standard InChI is InChI=1S/C20H15ClN4O3S2/c1-11(26)22-12-6-8-13(9-7-12)23-16(27)10-29-20-25-24-19(28-20)18-17(21)14-4-2-3-5-15(14)30-18/h2-9H,10H2,1H3,(H,22,26)(H,23,27). The number of benzene rings is 2. The predicted octanol–water partition coefficient (Wildman–Crippen LogP) is 5.29. The Morgan fingerprint density at radius 1 is 1.07 bits per heavy atom. The first-order valence-electron chi connectivity index (χ1n) is 8.81. The van der Waals surface area contributed by atoms with Gasteiger partial charge in [-0.2, -0.15) is 0 Å². The molecule has 2 N–H and O–H groups in total. The molecule has 0 fully saturated rings. The molecular formula is C20H15ClN4O3S2. The van der Waals surface area contributed by atoms with Crippen molar-refractivity contribution in [3.05, 3.63) is 53.6 Å². The van der Waals surface area contributed by atoms with E-state index >= 15 is 0 Å². The van der Waals surface area contributed by atoms with Crippen LogP contribution in [0.5, 0.6) is 0 Å². The number of nitrogens with zero attached hydrogens (tertiary/aromatic N) is 2. The van der Waals surface area contributed by atoms with Crippen LogP contribution < -0.4 is 10.6 Å². The molecule has 0 aliphatic carbocycles. The Morgan fingerprint density at radius 2 is 1.77 bits per heavy atom. The molecule has 0 unspecified atom stereocenters. The quantitative estimate of drug-likeness (QED) is 0.381. The summed E-state index contributed by atoms with van der Waals surface area (Å²) in [4.78, 5) is 23.9. The highest BCUT2D eigenvalue weighted by Gasteiger charge is 2.18. The minimum Gasteiger partial charge on any atom is -0.410 e. The maximum atomic E-state index is 12.2. The molecule has 0 aliphatic heterocycles. The lowest BCUT2D eigenvalue weighted by atomic mass is 10.2. The number of carbonyl (C=O) groups excluding carboxylic acids is 2. The van der Waals surface area contributed by atoms with Gasteiger partial charge >= 0.3 is 0 Å². The highest BCUT2D eigenvalue weighted by molar-refractivity contribution is 7.99. The third kappa shape index (κ3) is 4.64. The zero-order chi connectivity index (χ0) is 21.1. The SMILES string of the molecule is CC(=O)Nc1ccc(NC(=O)CSc2nnc(-c3sc4ccccc4c3Cl)o2)cc1. The minimum absolute atomic E-state index is 0.106. The second-order valence-corrected chi connectivity index (χ2v) is 8.57. The van der Waals surface area contributed by atoms with Crippen LogP contribution in [0.4, 0.5) is 11.4 Å². The molecule has 0 radical (unpaired) electrons. The number of hydrogen-bond donors (Lipinski definition) is 2. The van der Waals surface area contributed by atoms with E-state index in [-0.39, 0.29) is 22.8 Å². The Hall–Kier alpha value is -2.88. The number of aromatic nitrogens is 2. The fourth-order valence-electron chi connectivity index (χ4n) is 2.68. The van der Waals surface area contributed by atoms with Crippen LogP contribution in [0.15, 0.2) is 58.2 Å². The van der Waals surface area contributed by atoms with Crippen LogP contribution in [0.1, 0.15) is 6.92 Å². The first-order valence-corrected chi connectivity index (χ1v) is 11.0. The number of carbonyl (C=O) groups is 2. The van der Waals surface area contributed by atoms with E-state index in [0.717, 1.165) is 21.8 Å². The summed E-state index contributed by atoms with van der Waals surface area (Å²) < 4.78 is 6.72. The maximum absolute atomic E-state index is 12.2. The van der Waals surface area contributed by atoms with E-state index in [4.69, 9.17) is 16.0 Å². The van der Waals surface area contributed by atoms with Gasteiger partial charge in [0.05, 0.1) is 10.8 Å². The minimum atomic E-state index is -0.216. The van der Waals surface area contributed by atoms with Gasteiger partial charge in [0.15, 0.2) is 0 Å². The molecule has 0 bridgehead atoms. The van der Waals surface area contributed by atoms with E-state index < -0.39 is 0 Å². The number of hydrogen-bond acceptors (Lipinski definition) is 7. The summed E-state index contributed by atoms with van der Waals surface area (Å²) >= 11 is 9.06. The van der Waals surface area contributed by atoms with Crippen molar-refractivity contribution >= 4 is 68.0 Å². The molecule has 0 aliphatic rings. The van der Waals surface area contributed by atoms with Crippen LogP contribution in [0.25, 0.3) is 20.9 Å². The van der Waals surface area contributed by atoms with Gasteiger partial charge in [0.1, 0.15) is 4.88 Å². The van der Waals surface area contributed by atoms with E-state index in [0.29, 0.717) is 27.2 Å². The number of fused-ring (bicyclic) bond motifs is 1. The van der Waals surface area contributed by atoms with Crippen molar-refractivity contribution in [2.24, 2.45) is 0 Å². The normalized spacial score (nSPS) is 10.9. The number of amides is 2. The third-order valence-corrected chi connectivity index (χ3v) is 6.43. The van der Waals surface area contributed by atoms with Crippen LogP contribution in [0, 0.1) is 0 Å². The van der Waals surface area contributed by atoms with Gasteiger partial charge in [0, 0.05) is 28.4 Å². The smallest absolute Gasteiger partial charge is 0.277 e. The number of thiophene rings is 1. The van der Waals surface area contributed by atoms with Gasteiger partial charge < -0.3 is 15.1 Å². The number of nitrogens with one attached hydrogen (secondary N) is 2. The Kier molecular flexibility index (Phi) is 6.03. The summed E-state index contributed by atoms with van der Waals surface area (Å²) in [5.41, 5.74) is 1.28. The number of anilines is 2. The van der Waals surface area contributed by atoms with E-state index in [1.807, 2.05) is 24.3 Å². The van der Waals surface area contributed by atoms with Crippen molar-refractivity contribution < 1.29 is 14.0 Å². The zero-order valence-electron chi connectivity index (χ0n) is 15.6. The lowest BCUT2D eigenvalue weighted by Gasteiger charge is -2.06. The molecule has 4 aromatic rings. The van der Waals surface area contributed by atoms with Gasteiger partial charge in [-0.3, -0.25) is 9.59 Å². The molecule has 7 nitrogen and oxygen atoms in total. The van der Waals surface area contributed by atoms with Gasteiger partial charge in [0.25, 0.3) is 11.1 Å². The van der Waals surface area contributed by atoms with Crippen LogP contribution in [0.3, 0.4) is 0 Å². The summed E-state index contributed by atoms with van der Waals surface area (Å²) in [6, 6.07) is 14.6. The van der Waals surface area contributed by atoms with Gasteiger partial charge in [-0.05, 0) is 30.3 Å². The summed E-state index contributed by atoms with van der Waals surface area (Å²) in [5, 5.41) is 15.3. The fraction of sp³-hybridized carbons (Fsp3) is 0.100. The summed E-state index contributed by atoms with van der Waals surface area (Å²) in [6.45, 7) is 1.44. The number of halogens is 1. The highest BCUT2D eigenvalue weighted by Crippen LogP contribution is 2.41. The van der Waals surface area contributed by atoms with Gasteiger partial charge in [-0.15, -0.1) is 21.5 Å². The third-order valence-electron chi connectivity index (χ3n) is 3.95. The monoisotopic (exact) mass is 458 g/mol. The summed E-state index contributed by atoms with van der Waals surface area (Å²) in [6.07, 6.45) is 0. The van der Waals surface area contributed by atoms with Crippen molar-refractivity contribution in [3.63, 3.8) is 0 Å². The van der Waals surface area contributed by atoms with Crippen molar-refractivity contribution in [3.8, 4) is 10.8 Å². The summed E-state index contributed by atoms with van der Waals surface area (Å²) in [7, 11) is 0. The van der Waals surface area contributed by atoms with Crippen LogP contribution >= 0.6 is 34.7 Å². The Morgan fingerprint density at radius 3 is 2.47 bits per heavy atom. The molecule has 4 rings (SSSR count). The Bertz CT molecular complexity index is 1220. The van der Waals surface area contributed by atoms with Crippen LogP contribution in [-0.4, -0.2) is 27.8 Å². The second kappa shape index (κ2) is 8.86. The summed E-state index contributed by atoms with van der Waals surface area (Å²) in [5.74, 6) is 0.0681. The number of rotatable bonds is 6. The average molecular weight is 459 g/mol. The molecule has 0 saturated heterocycles. The van der Waals surface area contributed by atoms with Crippen molar-refractivity contribution in [1.29, 1.82) is 0 Å². The molecular weight excluding hydrogens is 444 g/mol. The maximum Gasteiger partial charge on any atom is 0.277 e. The van der Waals surface area contributed by atoms with Crippen LogP contribution in [0.2, 0.25) is 5.02 Å². The Balaban J connectivity index is 1.36. The molecule has 152 valence electrons. The lowest BCUT2D eigenvalue weighted by Crippen LogP contribution is -2.14. The average Bonchev–Trinajstić information content (AvgIpc) is 3.32. The predicted molar refractivity (Wildman–Crippen MR) is 120 cm³/mol. The van der Waals surface area contributed by atoms with E-state index in [1.54, 1.807) is 24.3 Å². The van der Waals surface area contributed by atoms with Gasteiger partial charge in [-0.25, -0.2) is 0 Å². The van der Waals surface area contributed by atoms with E-state index in [1.165, 1.54) is 18.3 Å². The van der Waals surface area contributed by atoms with Gasteiger partial charge in [-0.1, -0.05) is 41.6 Å². The first-order chi connectivity index (χ1) is 14.5. The van der Waals surface area contributed by atoms with E-state index in [2.05, 4.69) is 20.8 Å². The fourth-order valence-corrected chi connectivity index (χ4v) is 4.67. The zero-order valence-corrected chi connectivity index (χ0v) is 18.0. The first kappa shape index (κ1) is 20.4. The lowest BCUT2D eigenvalue weighted by molar-refractivity contribution is -0.114. The largest absolute Gasteiger partial charge is 0.410 e. The molecule has 2 aromatic carbocycles. The molecule has 2 aromatic heterocycles. The highest BCUT2D eigenvalue weighted by atomic mass is 35.5. The van der Waals surface area contributed by atoms with Crippen molar-refractivity contribution in [1.82, 2.24) is 10.2 Å². The number of thioether (sulfide) groups is 1.